The molecule has 0 amide bonds. The maximum Gasteiger partial charge on any atom is 0.248 e. The van der Waals surface area contributed by atoms with Crippen molar-refractivity contribution in [2.24, 2.45) is 0 Å². The van der Waals surface area contributed by atoms with Crippen molar-refractivity contribution >= 4 is 12.6 Å². The molecule has 0 bridgehead atoms. The maximum absolute atomic E-state index is 10.5. The summed E-state index contributed by atoms with van der Waals surface area (Å²) < 4.78 is 0.698. The summed E-state index contributed by atoms with van der Waals surface area (Å²) in [6.45, 7) is 0. The molecular weight excluding hydrogens is 178 g/mol. The first-order valence-electron chi connectivity index (χ1n) is 2.18. The van der Waals surface area contributed by atoms with Crippen molar-refractivity contribution in [2.75, 3.05) is 0 Å². The van der Waals surface area contributed by atoms with Crippen LogP contribution in [0.3, 0.4) is 0 Å². The van der Waals surface area contributed by atoms with Crippen LogP contribution < -0.4 is 4.73 Å². The van der Waals surface area contributed by atoms with Gasteiger partial charge in [-0.2, -0.15) is 4.73 Å². The SMILES string of the molecule is [Fe].[O-][n+]1ccccc1S. The number of hydrogen-bond acceptors (Lipinski definition) is 2. The molecule has 0 saturated carbocycles. The summed E-state index contributed by atoms with van der Waals surface area (Å²) in [5.41, 5.74) is 0. The van der Waals surface area contributed by atoms with Crippen LogP contribution in [0.4, 0.5) is 0 Å². The third-order valence-electron chi connectivity index (χ3n) is 0.804. The third kappa shape index (κ3) is 2.26. The predicted molar refractivity (Wildman–Crippen MR) is 32.7 cm³/mol. The molecule has 0 aliphatic rings. The van der Waals surface area contributed by atoms with Gasteiger partial charge in [-0.25, -0.2) is 0 Å². The van der Waals surface area contributed by atoms with Gasteiger partial charge in [0.05, 0.1) is 0 Å². The van der Waals surface area contributed by atoms with Crippen molar-refractivity contribution in [3.8, 4) is 0 Å². The zero-order valence-corrected chi connectivity index (χ0v) is 6.46. The van der Waals surface area contributed by atoms with Gasteiger partial charge >= 0.3 is 0 Å². The Balaban J connectivity index is 0.000000640. The Bertz CT molecular complexity index is 173. The van der Waals surface area contributed by atoms with Crippen LogP contribution in [0.15, 0.2) is 29.4 Å². The van der Waals surface area contributed by atoms with Crippen LogP contribution in [0.2, 0.25) is 0 Å². The molecule has 0 aromatic carbocycles. The molecule has 0 aliphatic heterocycles. The number of pyridine rings is 1. The van der Waals surface area contributed by atoms with Gasteiger partial charge in [0, 0.05) is 29.2 Å². The molecular formula is C5H5FeNOS. The van der Waals surface area contributed by atoms with E-state index in [-0.39, 0.29) is 17.1 Å². The summed E-state index contributed by atoms with van der Waals surface area (Å²) in [5.74, 6) is 0. The van der Waals surface area contributed by atoms with Gasteiger partial charge in [0.15, 0.2) is 6.20 Å². The second kappa shape index (κ2) is 3.77. The number of aromatic nitrogens is 1. The van der Waals surface area contributed by atoms with E-state index in [4.69, 9.17) is 0 Å². The van der Waals surface area contributed by atoms with E-state index >= 15 is 0 Å². The van der Waals surface area contributed by atoms with Gasteiger partial charge in [0.25, 0.3) is 0 Å². The zero-order valence-electron chi connectivity index (χ0n) is 4.47. The van der Waals surface area contributed by atoms with Crippen LogP contribution in [0.5, 0.6) is 0 Å². The van der Waals surface area contributed by atoms with Crippen molar-refractivity contribution < 1.29 is 21.8 Å². The van der Waals surface area contributed by atoms with Gasteiger partial charge in [0.2, 0.25) is 5.03 Å². The summed E-state index contributed by atoms with van der Waals surface area (Å²) in [7, 11) is 0. The van der Waals surface area contributed by atoms with E-state index in [2.05, 4.69) is 12.6 Å². The van der Waals surface area contributed by atoms with E-state index in [1.807, 2.05) is 0 Å². The number of rotatable bonds is 0. The predicted octanol–water partition coefficient (Wildman–Crippen LogP) is 0.606. The molecule has 0 radical (unpaired) electrons. The minimum absolute atomic E-state index is 0. The normalized spacial score (nSPS) is 8.11. The first-order chi connectivity index (χ1) is 3.80. The van der Waals surface area contributed by atoms with Gasteiger partial charge in [-0.15, -0.1) is 0 Å². The standard InChI is InChI=1S/C5H5NOS.Fe/c7-6-4-2-1-3-5(6)8;/h1-4,8H;. The summed E-state index contributed by atoms with van der Waals surface area (Å²) in [6.07, 6.45) is 1.41. The van der Waals surface area contributed by atoms with Gasteiger partial charge in [-0.3, -0.25) is 0 Å². The van der Waals surface area contributed by atoms with Crippen molar-refractivity contribution in [1.29, 1.82) is 0 Å². The Morgan fingerprint density at radius 2 is 2.11 bits per heavy atom. The first-order valence-corrected chi connectivity index (χ1v) is 2.62. The van der Waals surface area contributed by atoms with Crippen molar-refractivity contribution in [3.63, 3.8) is 0 Å². The molecule has 1 aromatic heterocycles. The Morgan fingerprint density at radius 1 is 1.44 bits per heavy atom. The van der Waals surface area contributed by atoms with Gasteiger partial charge < -0.3 is 5.21 Å². The first kappa shape index (κ1) is 8.82. The molecule has 0 atom stereocenters. The Kier molecular flexibility index (Phi) is 3.70. The van der Waals surface area contributed by atoms with Crippen LogP contribution in [0, 0.1) is 5.21 Å². The third-order valence-corrected chi connectivity index (χ3v) is 1.15. The van der Waals surface area contributed by atoms with Crippen LogP contribution in [-0.2, 0) is 17.1 Å². The van der Waals surface area contributed by atoms with Gasteiger partial charge in [0.1, 0.15) is 0 Å². The summed E-state index contributed by atoms with van der Waals surface area (Å²) >= 11 is 3.85. The molecule has 4 heteroatoms. The fraction of sp³-hybridized carbons (Fsp3) is 0. The average molecular weight is 183 g/mol. The molecule has 1 aromatic rings. The van der Waals surface area contributed by atoms with E-state index in [9.17, 15) is 5.21 Å². The minimum atomic E-state index is 0. The number of thiol groups is 1. The molecule has 2 nitrogen and oxygen atoms in total. The quantitative estimate of drug-likeness (QED) is 0.271. The molecule has 50 valence electrons. The molecule has 1 heterocycles. The monoisotopic (exact) mass is 183 g/mol. The number of hydrogen-bond donors (Lipinski definition) is 1. The van der Waals surface area contributed by atoms with E-state index in [0.29, 0.717) is 9.76 Å². The largest absolute Gasteiger partial charge is 0.618 e. The smallest absolute Gasteiger partial charge is 0.248 e. The van der Waals surface area contributed by atoms with Crippen LogP contribution in [0.25, 0.3) is 0 Å². The van der Waals surface area contributed by atoms with Crippen molar-refractivity contribution in [2.45, 2.75) is 5.03 Å². The topological polar surface area (TPSA) is 26.9 Å². The van der Waals surface area contributed by atoms with E-state index < -0.39 is 0 Å². The molecule has 0 unspecified atom stereocenters. The maximum atomic E-state index is 10.5. The molecule has 0 saturated heterocycles. The summed E-state index contributed by atoms with van der Waals surface area (Å²) in [4.78, 5) is 0. The Hall–Kier alpha value is -0.181. The second-order valence-corrected chi connectivity index (χ2v) is 1.84. The van der Waals surface area contributed by atoms with Crippen LogP contribution in [-0.4, -0.2) is 0 Å². The molecule has 0 fully saturated rings. The minimum Gasteiger partial charge on any atom is -0.618 e. The fourth-order valence-electron chi connectivity index (χ4n) is 0.419. The summed E-state index contributed by atoms with van der Waals surface area (Å²) in [6, 6.07) is 5.06. The van der Waals surface area contributed by atoms with E-state index in [1.54, 1.807) is 18.2 Å². The van der Waals surface area contributed by atoms with Crippen LogP contribution in [0.1, 0.15) is 0 Å². The average Bonchev–Trinajstić information content (AvgIpc) is 1.77. The van der Waals surface area contributed by atoms with Gasteiger partial charge in [-0.1, -0.05) is 12.6 Å². The molecule has 9 heavy (non-hydrogen) atoms. The molecule has 1 rings (SSSR count). The van der Waals surface area contributed by atoms with Gasteiger partial charge in [-0.05, 0) is 6.07 Å². The Morgan fingerprint density at radius 3 is 2.44 bits per heavy atom. The fourth-order valence-corrected chi connectivity index (χ4v) is 0.572. The van der Waals surface area contributed by atoms with Crippen LogP contribution >= 0.6 is 12.6 Å². The van der Waals surface area contributed by atoms with Crippen molar-refractivity contribution in [1.82, 2.24) is 0 Å². The Labute approximate surface area is 69.4 Å². The van der Waals surface area contributed by atoms with E-state index in [0.717, 1.165) is 0 Å². The summed E-state index contributed by atoms with van der Waals surface area (Å²) in [5, 5.41) is 10.9. The number of nitrogens with zero attached hydrogens (tertiary/aromatic N) is 1. The zero-order chi connectivity index (χ0) is 5.98. The molecule has 0 N–H and O–H groups in total. The van der Waals surface area contributed by atoms with Crippen molar-refractivity contribution in [3.05, 3.63) is 29.6 Å². The molecule has 0 aliphatic carbocycles. The molecule has 0 spiro atoms. The second-order valence-electron chi connectivity index (χ2n) is 1.38. The van der Waals surface area contributed by atoms with E-state index in [1.165, 1.54) is 6.20 Å².